The molecule has 0 aliphatic rings. The Hall–Kier alpha value is -2.12. The highest BCUT2D eigenvalue weighted by Crippen LogP contribution is 2.12. The standard InChI is InChI=1S/C15H17NO5S/c1-2-9-21-15(17)12-5-7-14(8-6-12)22(18,19)16-11-13-4-3-10-20-13/h3-8,10,16H,2,9,11H2,1H3. The van der Waals surface area contributed by atoms with Crippen LogP contribution in [-0.4, -0.2) is 21.0 Å². The summed E-state index contributed by atoms with van der Waals surface area (Å²) in [7, 11) is -3.66. The third kappa shape index (κ3) is 4.19. The van der Waals surface area contributed by atoms with E-state index in [9.17, 15) is 13.2 Å². The quantitative estimate of drug-likeness (QED) is 0.790. The molecule has 0 aliphatic heterocycles. The van der Waals surface area contributed by atoms with Crippen molar-refractivity contribution in [3.8, 4) is 0 Å². The van der Waals surface area contributed by atoms with E-state index >= 15 is 0 Å². The Morgan fingerprint density at radius 3 is 2.55 bits per heavy atom. The number of esters is 1. The van der Waals surface area contributed by atoms with Crippen molar-refractivity contribution >= 4 is 16.0 Å². The summed E-state index contributed by atoms with van der Waals surface area (Å²) in [5, 5.41) is 0. The Morgan fingerprint density at radius 1 is 1.23 bits per heavy atom. The molecule has 118 valence electrons. The van der Waals surface area contributed by atoms with Gasteiger partial charge in [-0.25, -0.2) is 17.9 Å². The molecule has 0 saturated carbocycles. The van der Waals surface area contributed by atoms with Gasteiger partial charge in [0.15, 0.2) is 0 Å². The molecule has 7 heteroatoms. The van der Waals surface area contributed by atoms with E-state index in [2.05, 4.69) is 4.72 Å². The van der Waals surface area contributed by atoms with Crippen LogP contribution in [0.3, 0.4) is 0 Å². The van der Waals surface area contributed by atoms with Crippen molar-refractivity contribution in [2.24, 2.45) is 0 Å². The van der Waals surface area contributed by atoms with E-state index in [0.29, 0.717) is 17.9 Å². The number of ether oxygens (including phenoxy) is 1. The van der Waals surface area contributed by atoms with E-state index in [4.69, 9.17) is 9.15 Å². The van der Waals surface area contributed by atoms with Crippen LogP contribution in [0.4, 0.5) is 0 Å². The van der Waals surface area contributed by atoms with Crippen molar-refractivity contribution in [2.45, 2.75) is 24.8 Å². The average Bonchev–Trinajstić information content (AvgIpc) is 3.04. The maximum atomic E-state index is 12.1. The molecule has 0 spiro atoms. The fraction of sp³-hybridized carbons (Fsp3) is 0.267. The highest BCUT2D eigenvalue weighted by atomic mass is 32.2. The molecule has 1 heterocycles. The largest absolute Gasteiger partial charge is 0.468 e. The Kier molecular flexibility index (Phi) is 5.35. The lowest BCUT2D eigenvalue weighted by molar-refractivity contribution is 0.0505. The number of benzene rings is 1. The predicted octanol–water partition coefficient (Wildman–Crippen LogP) is 2.32. The van der Waals surface area contributed by atoms with Crippen molar-refractivity contribution in [1.29, 1.82) is 0 Å². The summed E-state index contributed by atoms with van der Waals surface area (Å²) in [5.74, 6) is 0.0534. The number of hydrogen-bond acceptors (Lipinski definition) is 5. The average molecular weight is 323 g/mol. The number of nitrogens with one attached hydrogen (secondary N) is 1. The molecule has 1 aromatic heterocycles. The van der Waals surface area contributed by atoms with Crippen LogP contribution in [0.1, 0.15) is 29.5 Å². The lowest BCUT2D eigenvalue weighted by Crippen LogP contribution is -2.23. The van der Waals surface area contributed by atoms with Crippen LogP contribution >= 0.6 is 0 Å². The molecule has 0 aliphatic carbocycles. The molecule has 0 amide bonds. The van der Waals surface area contributed by atoms with E-state index in [0.717, 1.165) is 6.42 Å². The second-order valence-electron chi connectivity index (χ2n) is 4.56. The van der Waals surface area contributed by atoms with Gasteiger partial charge in [0.25, 0.3) is 0 Å². The van der Waals surface area contributed by atoms with Crippen molar-refractivity contribution in [1.82, 2.24) is 4.72 Å². The van der Waals surface area contributed by atoms with Gasteiger partial charge in [-0.3, -0.25) is 0 Å². The number of carbonyl (C=O) groups excluding carboxylic acids is 1. The summed E-state index contributed by atoms with van der Waals surface area (Å²) < 4.78 is 36.7. The van der Waals surface area contributed by atoms with E-state index in [1.54, 1.807) is 12.1 Å². The third-order valence-corrected chi connectivity index (χ3v) is 4.27. The van der Waals surface area contributed by atoms with E-state index in [1.165, 1.54) is 30.5 Å². The van der Waals surface area contributed by atoms with Gasteiger partial charge in [-0.05, 0) is 42.8 Å². The summed E-state index contributed by atoms with van der Waals surface area (Å²) in [6.07, 6.45) is 2.20. The van der Waals surface area contributed by atoms with Gasteiger partial charge < -0.3 is 9.15 Å². The van der Waals surface area contributed by atoms with Crippen molar-refractivity contribution < 1.29 is 22.4 Å². The maximum absolute atomic E-state index is 12.1. The first-order valence-electron chi connectivity index (χ1n) is 6.82. The normalized spacial score (nSPS) is 11.3. The zero-order valence-electron chi connectivity index (χ0n) is 12.1. The predicted molar refractivity (Wildman–Crippen MR) is 79.7 cm³/mol. The highest BCUT2D eigenvalue weighted by molar-refractivity contribution is 7.89. The highest BCUT2D eigenvalue weighted by Gasteiger charge is 2.15. The molecule has 1 N–H and O–H groups in total. The lowest BCUT2D eigenvalue weighted by atomic mass is 10.2. The van der Waals surface area contributed by atoms with Gasteiger partial charge in [-0.15, -0.1) is 0 Å². The van der Waals surface area contributed by atoms with Gasteiger partial charge in [0.05, 0.1) is 29.9 Å². The van der Waals surface area contributed by atoms with Crippen LogP contribution in [-0.2, 0) is 21.3 Å². The molecule has 0 saturated heterocycles. The van der Waals surface area contributed by atoms with Crippen LogP contribution in [0.15, 0.2) is 52.0 Å². The first-order valence-corrected chi connectivity index (χ1v) is 8.30. The molecule has 0 atom stereocenters. The number of furan rings is 1. The number of hydrogen-bond donors (Lipinski definition) is 1. The molecule has 0 fully saturated rings. The minimum atomic E-state index is -3.66. The van der Waals surface area contributed by atoms with Crippen LogP contribution in [0.2, 0.25) is 0 Å². The van der Waals surface area contributed by atoms with Crippen LogP contribution < -0.4 is 4.72 Å². The Bertz CT molecular complexity index is 705. The summed E-state index contributed by atoms with van der Waals surface area (Å²) in [5.41, 5.74) is 0.318. The van der Waals surface area contributed by atoms with Crippen molar-refractivity contribution in [3.63, 3.8) is 0 Å². The molecule has 0 radical (unpaired) electrons. The molecule has 1 aromatic carbocycles. The van der Waals surface area contributed by atoms with Crippen LogP contribution in [0.25, 0.3) is 0 Å². The maximum Gasteiger partial charge on any atom is 0.338 e. The topological polar surface area (TPSA) is 85.6 Å². The molecule has 0 bridgehead atoms. The number of rotatable bonds is 7. The number of carbonyl (C=O) groups is 1. The van der Waals surface area contributed by atoms with Gasteiger partial charge in [-0.2, -0.15) is 0 Å². The van der Waals surface area contributed by atoms with E-state index in [-0.39, 0.29) is 11.4 Å². The Labute approximate surface area is 129 Å². The first kappa shape index (κ1) is 16.3. The fourth-order valence-electron chi connectivity index (χ4n) is 1.71. The Balaban J connectivity index is 2.03. The molecule has 0 unspecified atom stereocenters. The zero-order valence-corrected chi connectivity index (χ0v) is 12.9. The summed E-state index contributed by atoms with van der Waals surface area (Å²) in [6, 6.07) is 8.95. The van der Waals surface area contributed by atoms with Gasteiger partial charge in [0.2, 0.25) is 10.0 Å². The van der Waals surface area contributed by atoms with Gasteiger partial charge in [-0.1, -0.05) is 6.92 Å². The summed E-state index contributed by atoms with van der Waals surface area (Å²) in [6.45, 7) is 2.30. The number of sulfonamides is 1. The smallest absolute Gasteiger partial charge is 0.338 e. The molecule has 22 heavy (non-hydrogen) atoms. The fourth-order valence-corrected chi connectivity index (χ4v) is 2.70. The summed E-state index contributed by atoms with van der Waals surface area (Å²) >= 11 is 0. The van der Waals surface area contributed by atoms with E-state index in [1.807, 2.05) is 6.92 Å². The first-order chi connectivity index (χ1) is 10.5. The van der Waals surface area contributed by atoms with Gasteiger partial charge in [0, 0.05) is 0 Å². The Morgan fingerprint density at radius 2 is 1.95 bits per heavy atom. The second-order valence-corrected chi connectivity index (χ2v) is 6.33. The second kappa shape index (κ2) is 7.24. The molecule has 6 nitrogen and oxygen atoms in total. The third-order valence-electron chi connectivity index (χ3n) is 2.85. The molecular formula is C15H17NO5S. The van der Waals surface area contributed by atoms with Crippen LogP contribution in [0.5, 0.6) is 0 Å². The van der Waals surface area contributed by atoms with Crippen molar-refractivity contribution in [3.05, 3.63) is 54.0 Å². The van der Waals surface area contributed by atoms with Crippen LogP contribution in [0, 0.1) is 0 Å². The minimum absolute atomic E-state index is 0.0651. The molecule has 2 rings (SSSR count). The van der Waals surface area contributed by atoms with E-state index < -0.39 is 16.0 Å². The minimum Gasteiger partial charge on any atom is -0.468 e. The monoisotopic (exact) mass is 323 g/mol. The molecule has 2 aromatic rings. The SMILES string of the molecule is CCCOC(=O)c1ccc(S(=O)(=O)NCc2ccco2)cc1. The van der Waals surface area contributed by atoms with Gasteiger partial charge in [0.1, 0.15) is 5.76 Å². The lowest BCUT2D eigenvalue weighted by Gasteiger charge is -2.07. The zero-order chi connectivity index (χ0) is 16.0. The van der Waals surface area contributed by atoms with Crippen molar-refractivity contribution in [2.75, 3.05) is 6.61 Å². The summed E-state index contributed by atoms with van der Waals surface area (Å²) in [4.78, 5) is 11.7. The molecular weight excluding hydrogens is 306 g/mol. The van der Waals surface area contributed by atoms with Gasteiger partial charge >= 0.3 is 5.97 Å².